The van der Waals surface area contributed by atoms with Crippen LogP contribution in [0.25, 0.3) is 0 Å². The van der Waals surface area contributed by atoms with Gasteiger partial charge in [0.2, 0.25) is 5.91 Å². The predicted octanol–water partition coefficient (Wildman–Crippen LogP) is 5.30. The van der Waals surface area contributed by atoms with E-state index in [4.69, 9.17) is 21.7 Å². The minimum Gasteiger partial charge on any atom is -0.378 e. The summed E-state index contributed by atoms with van der Waals surface area (Å²) >= 11 is 6.66. The second kappa shape index (κ2) is 9.43. The summed E-state index contributed by atoms with van der Waals surface area (Å²) in [4.78, 5) is 27.4. The maximum Gasteiger partial charge on any atom is 0.255 e. The molecule has 2 amide bonds. The van der Waals surface area contributed by atoms with Crippen molar-refractivity contribution in [2.75, 3.05) is 11.9 Å². The monoisotopic (exact) mass is 489 g/mol. The van der Waals surface area contributed by atoms with Crippen molar-refractivity contribution < 1.29 is 23.1 Å². The molecule has 0 unspecified atom stereocenters. The van der Waals surface area contributed by atoms with E-state index in [-0.39, 0.29) is 46.6 Å². The number of amidine groups is 1. The lowest BCUT2D eigenvalue weighted by atomic mass is 9.73. The van der Waals surface area contributed by atoms with Crippen molar-refractivity contribution >= 4 is 34.9 Å². The number of ether oxygens (including phenoxy) is 1. The van der Waals surface area contributed by atoms with E-state index in [1.165, 1.54) is 6.07 Å². The van der Waals surface area contributed by atoms with E-state index >= 15 is 0 Å². The third-order valence-electron chi connectivity index (χ3n) is 6.56. The van der Waals surface area contributed by atoms with Crippen molar-refractivity contribution in [1.82, 2.24) is 4.90 Å². The maximum atomic E-state index is 13.5. The molecule has 2 aromatic carbocycles. The number of carbonyl (C=O) groups is 2. The number of likely N-dealkylation sites (tertiary alicyclic amines) is 1. The number of hydrogen-bond donors (Lipinski definition) is 2. The van der Waals surface area contributed by atoms with Crippen molar-refractivity contribution in [3.8, 4) is 0 Å². The van der Waals surface area contributed by atoms with Gasteiger partial charge >= 0.3 is 0 Å². The Morgan fingerprint density at radius 1 is 1.24 bits per heavy atom. The van der Waals surface area contributed by atoms with E-state index < -0.39 is 23.0 Å². The minimum absolute atomic E-state index is 0.0389. The summed E-state index contributed by atoms with van der Waals surface area (Å²) in [7, 11) is 0. The molecule has 4 rings (SSSR count). The Morgan fingerprint density at radius 2 is 2.00 bits per heavy atom. The molecule has 0 saturated carbocycles. The van der Waals surface area contributed by atoms with E-state index in [0.717, 1.165) is 12.1 Å². The van der Waals surface area contributed by atoms with Crippen molar-refractivity contribution in [2.45, 2.75) is 57.1 Å². The lowest BCUT2D eigenvalue weighted by molar-refractivity contribution is -0.134. The molecule has 0 radical (unpaired) electrons. The van der Waals surface area contributed by atoms with Gasteiger partial charge in [-0.25, -0.2) is 8.78 Å². The molecule has 2 heterocycles. The molecule has 9 heteroatoms. The highest BCUT2D eigenvalue weighted by Crippen LogP contribution is 2.43. The van der Waals surface area contributed by atoms with E-state index in [9.17, 15) is 18.4 Å². The molecule has 2 aliphatic heterocycles. The number of benzene rings is 2. The lowest BCUT2D eigenvalue weighted by Crippen LogP contribution is -2.54. The van der Waals surface area contributed by atoms with Crippen LogP contribution in [0.1, 0.15) is 55.5 Å². The summed E-state index contributed by atoms with van der Waals surface area (Å²) in [5.74, 6) is -2.70. The summed E-state index contributed by atoms with van der Waals surface area (Å²) in [6, 6.07) is 7.91. The first kappa shape index (κ1) is 24.3. The second-order valence-electron chi connectivity index (χ2n) is 9.23. The Bertz CT molecular complexity index is 1140. The molecular formula is C25H26ClF2N3O3. The van der Waals surface area contributed by atoms with Crippen LogP contribution in [0.3, 0.4) is 0 Å². The summed E-state index contributed by atoms with van der Waals surface area (Å²) in [6.07, 6.45) is 1.90. The molecule has 0 bridgehead atoms. The number of halogens is 3. The van der Waals surface area contributed by atoms with Gasteiger partial charge in [0.05, 0.1) is 16.8 Å². The van der Waals surface area contributed by atoms with Crippen LogP contribution in [0.4, 0.5) is 14.5 Å². The van der Waals surface area contributed by atoms with Gasteiger partial charge in [0.25, 0.3) is 5.91 Å². The molecule has 34 heavy (non-hydrogen) atoms. The molecule has 2 aromatic rings. The molecule has 0 aromatic heterocycles. The zero-order valence-corrected chi connectivity index (χ0v) is 19.7. The van der Waals surface area contributed by atoms with Crippen molar-refractivity contribution in [3.63, 3.8) is 0 Å². The van der Waals surface area contributed by atoms with Crippen LogP contribution in [0, 0.1) is 17.0 Å². The van der Waals surface area contributed by atoms with Crippen molar-refractivity contribution in [1.29, 1.82) is 5.41 Å². The normalized spacial score (nSPS) is 25.4. The fraction of sp³-hybridized carbons (Fsp3) is 0.400. The van der Waals surface area contributed by atoms with Gasteiger partial charge in [0, 0.05) is 36.5 Å². The third-order valence-corrected chi connectivity index (χ3v) is 6.97. The highest BCUT2D eigenvalue weighted by atomic mass is 35.5. The van der Waals surface area contributed by atoms with Gasteiger partial charge in [-0.05, 0) is 49.6 Å². The maximum absolute atomic E-state index is 13.5. The molecule has 3 atom stereocenters. The van der Waals surface area contributed by atoms with Crippen LogP contribution in [-0.2, 0) is 14.9 Å². The summed E-state index contributed by atoms with van der Waals surface area (Å²) in [5, 5.41) is 11.5. The standard InChI is InChI=1S/C25H26ClF2N3O3/c1-14-10-16(8-9-34-14)31-21(29)12-25(2,13-22(31)32)17-4-3-5-20(23(17)26)30-24(33)15-6-7-18(27)19(28)11-15/h3-7,11,14,16,29H,8-10,12-13H2,1-2H3,(H,30,33)/t14-,16-,25+/m1/s1. The molecule has 6 nitrogen and oxygen atoms in total. The predicted molar refractivity (Wildman–Crippen MR) is 125 cm³/mol. The van der Waals surface area contributed by atoms with Crippen LogP contribution in [0.2, 0.25) is 5.02 Å². The molecule has 180 valence electrons. The first-order valence-corrected chi connectivity index (χ1v) is 11.5. The molecule has 2 saturated heterocycles. The zero-order valence-electron chi connectivity index (χ0n) is 19.0. The average molecular weight is 490 g/mol. The smallest absolute Gasteiger partial charge is 0.255 e. The number of nitrogens with zero attached hydrogens (tertiary/aromatic N) is 1. The van der Waals surface area contributed by atoms with Gasteiger partial charge < -0.3 is 10.1 Å². The van der Waals surface area contributed by atoms with Crippen LogP contribution in [0.5, 0.6) is 0 Å². The Labute approximate surface area is 201 Å². The molecule has 2 aliphatic rings. The highest BCUT2D eigenvalue weighted by molar-refractivity contribution is 6.35. The Morgan fingerprint density at radius 3 is 2.68 bits per heavy atom. The zero-order chi connectivity index (χ0) is 24.6. The Balaban J connectivity index is 1.56. The molecular weight excluding hydrogens is 464 g/mol. The average Bonchev–Trinajstić information content (AvgIpc) is 2.76. The fourth-order valence-corrected chi connectivity index (χ4v) is 5.24. The Hall–Kier alpha value is -2.84. The molecule has 0 spiro atoms. The number of nitrogens with one attached hydrogen (secondary N) is 2. The Kier molecular flexibility index (Phi) is 6.73. The van der Waals surface area contributed by atoms with Gasteiger partial charge in [-0.3, -0.25) is 19.9 Å². The second-order valence-corrected chi connectivity index (χ2v) is 9.61. The SMILES string of the molecule is C[C@@H]1C[C@H](N2C(=N)C[C@](C)(c3cccc(NC(=O)c4ccc(F)c(F)c4)c3Cl)CC2=O)CCO1. The first-order chi connectivity index (χ1) is 16.1. The van der Waals surface area contributed by atoms with Gasteiger partial charge in [-0.15, -0.1) is 0 Å². The number of rotatable bonds is 4. The number of anilines is 1. The van der Waals surface area contributed by atoms with Gasteiger partial charge in [-0.2, -0.15) is 0 Å². The summed E-state index contributed by atoms with van der Waals surface area (Å²) < 4.78 is 32.3. The van der Waals surface area contributed by atoms with Crippen LogP contribution >= 0.6 is 11.6 Å². The summed E-state index contributed by atoms with van der Waals surface area (Å²) in [6.45, 7) is 4.41. The van der Waals surface area contributed by atoms with Crippen molar-refractivity contribution in [3.05, 3.63) is 64.2 Å². The van der Waals surface area contributed by atoms with Crippen LogP contribution in [-0.4, -0.2) is 41.3 Å². The van der Waals surface area contributed by atoms with E-state index in [1.54, 1.807) is 23.1 Å². The number of piperidine rings is 1. The van der Waals surface area contributed by atoms with Gasteiger partial charge in [-0.1, -0.05) is 30.7 Å². The van der Waals surface area contributed by atoms with Gasteiger partial charge in [0.1, 0.15) is 5.84 Å². The summed E-state index contributed by atoms with van der Waals surface area (Å²) in [5.41, 5.74) is 0.133. The lowest BCUT2D eigenvalue weighted by Gasteiger charge is -2.44. The van der Waals surface area contributed by atoms with E-state index in [1.807, 2.05) is 13.8 Å². The largest absolute Gasteiger partial charge is 0.378 e. The van der Waals surface area contributed by atoms with Gasteiger partial charge in [0.15, 0.2) is 11.6 Å². The number of carbonyl (C=O) groups excluding carboxylic acids is 2. The van der Waals surface area contributed by atoms with E-state index in [0.29, 0.717) is 31.4 Å². The fourth-order valence-electron chi connectivity index (χ4n) is 4.84. The minimum atomic E-state index is -1.12. The third kappa shape index (κ3) is 4.70. The van der Waals surface area contributed by atoms with Crippen LogP contribution in [0.15, 0.2) is 36.4 Å². The highest BCUT2D eigenvalue weighted by Gasteiger charge is 2.44. The molecule has 0 aliphatic carbocycles. The number of hydrogen-bond acceptors (Lipinski definition) is 4. The van der Waals surface area contributed by atoms with E-state index in [2.05, 4.69) is 5.32 Å². The van der Waals surface area contributed by atoms with Crippen molar-refractivity contribution in [2.24, 2.45) is 0 Å². The topological polar surface area (TPSA) is 82.5 Å². The van der Waals surface area contributed by atoms with Crippen LogP contribution < -0.4 is 5.32 Å². The molecule has 2 N–H and O–H groups in total. The number of amides is 2. The first-order valence-electron chi connectivity index (χ1n) is 11.2. The quantitative estimate of drug-likeness (QED) is 0.611. The molecule has 2 fully saturated rings.